The van der Waals surface area contributed by atoms with Gasteiger partial charge in [-0.25, -0.2) is 4.39 Å². The van der Waals surface area contributed by atoms with E-state index in [1.807, 2.05) is 30.8 Å². The van der Waals surface area contributed by atoms with Crippen molar-refractivity contribution in [3.05, 3.63) is 41.7 Å². The highest BCUT2D eigenvalue weighted by molar-refractivity contribution is 7.99. The van der Waals surface area contributed by atoms with Crippen LogP contribution in [0.5, 0.6) is 0 Å². The Hall–Kier alpha value is -1.95. The maximum atomic E-state index is 12.9. The van der Waals surface area contributed by atoms with Crippen LogP contribution >= 0.6 is 11.8 Å². The van der Waals surface area contributed by atoms with Crippen molar-refractivity contribution in [1.82, 2.24) is 0 Å². The molecule has 1 saturated heterocycles. The summed E-state index contributed by atoms with van der Waals surface area (Å²) in [5.74, 6) is 1.98. The summed E-state index contributed by atoms with van der Waals surface area (Å²) in [6.07, 6.45) is 8.27. The van der Waals surface area contributed by atoms with Gasteiger partial charge in [0.15, 0.2) is 0 Å². The third-order valence-electron chi connectivity index (χ3n) is 5.87. The van der Waals surface area contributed by atoms with Crippen molar-refractivity contribution >= 4 is 35.1 Å². The van der Waals surface area contributed by atoms with Gasteiger partial charge in [0.2, 0.25) is 0 Å². The molecule has 1 heterocycles. The monoisotopic (exact) mass is 431 g/mol. The number of oxime groups is 1. The number of Topliss-reactive ketones (excluding diaryl/α,β-unsaturated/α-hetero) is 2. The summed E-state index contributed by atoms with van der Waals surface area (Å²) in [7, 11) is 0. The first-order chi connectivity index (χ1) is 14.6. The van der Waals surface area contributed by atoms with E-state index in [0.717, 1.165) is 17.7 Å². The maximum absolute atomic E-state index is 12.9. The van der Waals surface area contributed by atoms with Gasteiger partial charge in [-0.1, -0.05) is 36.4 Å². The Bertz CT molecular complexity index is 766. The van der Waals surface area contributed by atoms with E-state index in [9.17, 15) is 14.0 Å². The lowest BCUT2D eigenvalue weighted by molar-refractivity contribution is -0.135. The smallest absolute Gasteiger partial charge is 0.149 e. The van der Waals surface area contributed by atoms with Crippen molar-refractivity contribution in [2.75, 3.05) is 18.1 Å². The third kappa shape index (κ3) is 6.27. The predicted molar refractivity (Wildman–Crippen MR) is 120 cm³/mol. The Kier molecular flexibility index (Phi) is 8.67. The van der Waals surface area contributed by atoms with Gasteiger partial charge in [0.05, 0.1) is 5.71 Å². The van der Waals surface area contributed by atoms with Crippen LogP contribution in [-0.2, 0) is 14.4 Å². The van der Waals surface area contributed by atoms with Crippen LogP contribution in [0, 0.1) is 23.6 Å². The second-order valence-electron chi connectivity index (χ2n) is 8.02. The summed E-state index contributed by atoms with van der Waals surface area (Å²) in [5, 5.41) is 4.15. The molecular weight excluding hydrogens is 401 g/mol. The lowest BCUT2D eigenvalue weighted by Gasteiger charge is -2.34. The molecule has 1 aromatic carbocycles. The van der Waals surface area contributed by atoms with Crippen LogP contribution < -0.4 is 0 Å². The molecule has 4 nitrogen and oxygen atoms in total. The van der Waals surface area contributed by atoms with Gasteiger partial charge in [0, 0.05) is 19.3 Å². The summed E-state index contributed by atoms with van der Waals surface area (Å²) >= 11 is 1.94. The van der Waals surface area contributed by atoms with Gasteiger partial charge in [0.1, 0.15) is 29.9 Å². The molecule has 1 unspecified atom stereocenters. The summed E-state index contributed by atoms with van der Waals surface area (Å²) in [4.78, 5) is 31.0. The molecule has 1 saturated carbocycles. The number of benzene rings is 1. The fourth-order valence-electron chi connectivity index (χ4n) is 4.21. The number of nitrogens with zero attached hydrogens (tertiary/aromatic N) is 1. The summed E-state index contributed by atoms with van der Waals surface area (Å²) in [6, 6.07) is 6.26. The van der Waals surface area contributed by atoms with E-state index in [2.05, 4.69) is 5.16 Å². The third-order valence-corrected chi connectivity index (χ3v) is 7.11. The first-order valence-electron chi connectivity index (χ1n) is 10.8. The molecule has 162 valence electrons. The molecule has 6 heteroatoms. The molecule has 0 amide bonds. The van der Waals surface area contributed by atoms with Gasteiger partial charge < -0.3 is 4.84 Å². The van der Waals surface area contributed by atoms with Gasteiger partial charge in [-0.2, -0.15) is 11.8 Å². The Morgan fingerprint density at radius 2 is 1.93 bits per heavy atom. The van der Waals surface area contributed by atoms with E-state index in [-0.39, 0.29) is 23.3 Å². The number of ketones is 2. The minimum Gasteiger partial charge on any atom is -0.395 e. The molecule has 2 aliphatic rings. The fourth-order valence-corrected chi connectivity index (χ4v) is 5.49. The standard InChI is InChI=1S/C24H30FNO3S/c1-2-21(26-29-12-4-3-6-17-8-10-20(25)11-9-17)24-22(27)14-19(15-23(24)28)18-7-5-13-30-16-18/h3,6,8-11,18-19,24H,2,4-5,7,12-16H2,1H3. The first-order valence-corrected chi connectivity index (χ1v) is 12.0. The normalized spacial score (nSPS) is 25.7. The molecule has 1 aliphatic heterocycles. The number of hydrogen-bond donors (Lipinski definition) is 0. The molecule has 30 heavy (non-hydrogen) atoms. The molecule has 1 aromatic rings. The Labute approximate surface area is 182 Å². The van der Waals surface area contributed by atoms with E-state index in [1.165, 1.54) is 24.3 Å². The molecule has 0 spiro atoms. The van der Waals surface area contributed by atoms with Crippen LogP contribution in [0.15, 0.2) is 35.5 Å². The van der Waals surface area contributed by atoms with E-state index in [4.69, 9.17) is 4.84 Å². The number of carbonyl (C=O) groups excluding carboxylic acids is 2. The summed E-state index contributed by atoms with van der Waals surface area (Å²) in [6.45, 7) is 2.26. The zero-order valence-electron chi connectivity index (χ0n) is 17.5. The highest BCUT2D eigenvalue weighted by Gasteiger charge is 2.41. The SMILES string of the molecule is CCC(=NOCCC=Cc1ccc(F)cc1)C1C(=O)CC(C2CCCSC2)CC1=O. The fraction of sp³-hybridized carbons (Fsp3) is 0.542. The van der Waals surface area contributed by atoms with Gasteiger partial charge in [0.25, 0.3) is 0 Å². The summed E-state index contributed by atoms with van der Waals surface area (Å²) in [5.41, 5.74) is 1.46. The average molecular weight is 432 g/mol. The minimum absolute atomic E-state index is 0.00669. The van der Waals surface area contributed by atoms with Gasteiger partial charge >= 0.3 is 0 Å². The molecule has 0 bridgehead atoms. The molecule has 2 fully saturated rings. The lowest BCUT2D eigenvalue weighted by Crippen LogP contribution is -2.41. The van der Waals surface area contributed by atoms with Crippen molar-refractivity contribution in [1.29, 1.82) is 0 Å². The maximum Gasteiger partial charge on any atom is 0.149 e. The number of thioether (sulfide) groups is 1. The molecule has 0 radical (unpaired) electrons. The Morgan fingerprint density at radius 3 is 2.57 bits per heavy atom. The van der Waals surface area contributed by atoms with Crippen molar-refractivity contribution in [2.45, 2.75) is 45.4 Å². The number of rotatable bonds is 8. The average Bonchev–Trinajstić information content (AvgIpc) is 2.76. The topological polar surface area (TPSA) is 55.7 Å². The number of hydrogen-bond acceptors (Lipinski definition) is 5. The molecule has 1 atom stereocenters. The van der Waals surface area contributed by atoms with Crippen LogP contribution in [0.1, 0.15) is 51.0 Å². The zero-order valence-corrected chi connectivity index (χ0v) is 18.3. The van der Waals surface area contributed by atoms with E-state index < -0.39 is 5.92 Å². The molecule has 1 aliphatic carbocycles. The first kappa shape index (κ1) is 22.7. The van der Waals surface area contributed by atoms with Crippen LogP contribution in [0.25, 0.3) is 6.08 Å². The predicted octanol–water partition coefficient (Wildman–Crippen LogP) is 5.32. The number of halogens is 1. The highest BCUT2D eigenvalue weighted by Crippen LogP contribution is 2.37. The Balaban J connectivity index is 1.49. The van der Waals surface area contributed by atoms with E-state index >= 15 is 0 Å². The van der Waals surface area contributed by atoms with E-state index in [1.54, 1.807) is 12.1 Å². The van der Waals surface area contributed by atoms with E-state index in [0.29, 0.717) is 43.9 Å². The molecular formula is C24H30FNO3S. The second kappa shape index (κ2) is 11.4. The summed E-state index contributed by atoms with van der Waals surface area (Å²) < 4.78 is 12.9. The zero-order chi connectivity index (χ0) is 21.3. The van der Waals surface area contributed by atoms with Crippen molar-refractivity contribution in [2.24, 2.45) is 22.9 Å². The van der Waals surface area contributed by atoms with Crippen molar-refractivity contribution < 1.29 is 18.8 Å². The second-order valence-corrected chi connectivity index (χ2v) is 9.17. The van der Waals surface area contributed by atoms with Crippen LogP contribution in [0.3, 0.4) is 0 Å². The van der Waals surface area contributed by atoms with Crippen LogP contribution in [-0.4, -0.2) is 35.4 Å². The minimum atomic E-state index is -0.725. The van der Waals surface area contributed by atoms with Gasteiger partial charge in [-0.3, -0.25) is 9.59 Å². The van der Waals surface area contributed by atoms with Crippen LogP contribution in [0.4, 0.5) is 4.39 Å². The molecule has 0 aromatic heterocycles. The van der Waals surface area contributed by atoms with Crippen molar-refractivity contribution in [3.63, 3.8) is 0 Å². The molecule has 3 rings (SSSR count). The van der Waals surface area contributed by atoms with Gasteiger partial charge in [-0.15, -0.1) is 0 Å². The van der Waals surface area contributed by atoms with Crippen LogP contribution in [0.2, 0.25) is 0 Å². The highest BCUT2D eigenvalue weighted by atomic mass is 32.2. The Morgan fingerprint density at radius 1 is 1.20 bits per heavy atom. The molecule has 0 N–H and O–H groups in total. The van der Waals surface area contributed by atoms with Gasteiger partial charge in [-0.05, 0) is 60.3 Å². The van der Waals surface area contributed by atoms with Crippen molar-refractivity contribution in [3.8, 4) is 0 Å². The number of carbonyl (C=O) groups is 2. The lowest BCUT2D eigenvalue weighted by atomic mass is 9.72. The quantitative estimate of drug-likeness (QED) is 0.242. The largest absolute Gasteiger partial charge is 0.395 e.